The molecular weight excluding hydrogens is 497 g/mol. The summed E-state index contributed by atoms with van der Waals surface area (Å²) in [5.74, 6) is -0.244. The Kier molecular flexibility index (Phi) is 7.67. The van der Waals surface area contributed by atoms with Gasteiger partial charge in [-0.05, 0) is 42.0 Å². The molecule has 0 aliphatic carbocycles. The predicted octanol–water partition coefficient (Wildman–Crippen LogP) is 6.99. The number of nitrogens with zero attached hydrogens (tertiary/aromatic N) is 1. The highest BCUT2D eigenvalue weighted by atomic mass is 35.5. The molecule has 3 aromatic carbocycles. The van der Waals surface area contributed by atoms with Crippen molar-refractivity contribution in [3.8, 4) is 0 Å². The van der Waals surface area contributed by atoms with Crippen LogP contribution in [0.5, 0.6) is 0 Å². The third-order valence-electron chi connectivity index (χ3n) is 4.42. The standard InChI is InChI=1S/C24H17Cl2N3O2S2/c25-17-7-4-8-19(23(17)26)28-22(31)14-32-24-29-18-11-10-16(13-20(18)33-24)27-21(30)12-9-15-5-2-1-3-6-15/h1-13H,14H2,(H,27,30)(H,28,31)/b12-9+. The Morgan fingerprint density at radius 1 is 1.00 bits per heavy atom. The Labute approximate surface area is 208 Å². The second kappa shape index (κ2) is 10.9. The molecule has 0 aliphatic rings. The zero-order valence-electron chi connectivity index (χ0n) is 17.0. The fraction of sp³-hybridized carbons (Fsp3) is 0.0417. The SMILES string of the molecule is O=C(/C=C/c1ccccc1)Nc1ccc2nc(SCC(=O)Nc3cccc(Cl)c3Cl)sc2c1. The summed E-state index contributed by atoms with van der Waals surface area (Å²) in [7, 11) is 0. The van der Waals surface area contributed by atoms with Crippen molar-refractivity contribution < 1.29 is 9.59 Å². The number of halogens is 2. The Morgan fingerprint density at radius 2 is 1.82 bits per heavy atom. The van der Waals surface area contributed by atoms with E-state index in [1.807, 2.05) is 42.5 Å². The summed E-state index contributed by atoms with van der Waals surface area (Å²) in [5, 5.41) is 6.31. The number of aromatic nitrogens is 1. The van der Waals surface area contributed by atoms with Gasteiger partial charge in [0.25, 0.3) is 0 Å². The van der Waals surface area contributed by atoms with Crippen LogP contribution in [0.3, 0.4) is 0 Å². The summed E-state index contributed by atoms with van der Waals surface area (Å²) < 4.78 is 1.67. The number of amides is 2. The second-order valence-corrected chi connectivity index (χ2v) is 9.87. The van der Waals surface area contributed by atoms with Crippen molar-refractivity contribution in [3.63, 3.8) is 0 Å². The van der Waals surface area contributed by atoms with Gasteiger partial charge in [0, 0.05) is 11.8 Å². The van der Waals surface area contributed by atoms with Crippen molar-refractivity contribution >= 4 is 85.8 Å². The van der Waals surface area contributed by atoms with Crippen LogP contribution in [-0.2, 0) is 9.59 Å². The minimum atomic E-state index is -0.214. The molecule has 0 spiro atoms. The number of carbonyl (C=O) groups excluding carboxylic acids is 2. The maximum atomic E-state index is 12.3. The van der Waals surface area contributed by atoms with E-state index >= 15 is 0 Å². The van der Waals surface area contributed by atoms with Crippen molar-refractivity contribution in [2.75, 3.05) is 16.4 Å². The molecule has 4 aromatic rings. The van der Waals surface area contributed by atoms with E-state index in [9.17, 15) is 9.59 Å². The number of rotatable bonds is 7. The van der Waals surface area contributed by atoms with Crippen LogP contribution in [0, 0.1) is 0 Å². The van der Waals surface area contributed by atoms with Crippen LogP contribution in [0.25, 0.3) is 16.3 Å². The summed E-state index contributed by atoms with van der Waals surface area (Å²) in [6.45, 7) is 0. The maximum absolute atomic E-state index is 12.3. The number of thiazole rings is 1. The lowest BCUT2D eigenvalue weighted by Gasteiger charge is -2.07. The van der Waals surface area contributed by atoms with E-state index in [4.69, 9.17) is 23.2 Å². The highest BCUT2D eigenvalue weighted by Gasteiger charge is 2.11. The van der Waals surface area contributed by atoms with Crippen molar-refractivity contribution in [2.24, 2.45) is 0 Å². The molecule has 5 nitrogen and oxygen atoms in total. The van der Waals surface area contributed by atoms with E-state index in [0.29, 0.717) is 21.4 Å². The lowest BCUT2D eigenvalue weighted by atomic mass is 10.2. The molecule has 0 unspecified atom stereocenters. The molecule has 1 heterocycles. The lowest BCUT2D eigenvalue weighted by Crippen LogP contribution is -2.14. The topological polar surface area (TPSA) is 71.1 Å². The van der Waals surface area contributed by atoms with Gasteiger partial charge >= 0.3 is 0 Å². The van der Waals surface area contributed by atoms with E-state index in [2.05, 4.69) is 15.6 Å². The fourth-order valence-electron chi connectivity index (χ4n) is 2.88. The monoisotopic (exact) mass is 513 g/mol. The molecule has 0 saturated heterocycles. The van der Waals surface area contributed by atoms with Gasteiger partial charge in [-0.2, -0.15) is 0 Å². The first-order chi connectivity index (χ1) is 16.0. The Morgan fingerprint density at radius 3 is 2.64 bits per heavy atom. The molecule has 0 saturated carbocycles. The number of anilines is 2. The first-order valence-corrected chi connectivity index (χ1v) is 12.3. The second-order valence-electron chi connectivity index (χ2n) is 6.83. The predicted molar refractivity (Wildman–Crippen MR) is 140 cm³/mol. The zero-order chi connectivity index (χ0) is 23.2. The molecule has 33 heavy (non-hydrogen) atoms. The maximum Gasteiger partial charge on any atom is 0.248 e. The van der Waals surface area contributed by atoms with Crippen molar-refractivity contribution in [3.05, 3.63) is 88.4 Å². The quantitative estimate of drug-likeness (QED) is 0.206. The molecule has 0 aliphatic heterocycles. The summed E-state index contributed by atoms with van der Waals surface area (Å²) >= 11 is 14.9. The molecule has 1 aromatic heterocycles. The van der Waals surface area contributed by atoms with E-state index in [1.54, 1.807) is 30.3 Å². The van der Waals surface area contributed by atoms with Gasteiger partial charge in [0.2, 0.25) is 11.8 Å². The van der Waals surface area contributed by atoms with Gasteiger partial charge in [0.1, 0.15) is 0 Å². The van der Waals surface area contributed by atoms with Crippen LogP contribution in [0.15, 0.2) is 77.1 Å². The molecule has 0 radical (unpaired) electrons. The van der Waals surface area contributed by atoms with Crippen LogP contribution in [0.2, 0.25) is 10.0 Å². The van der Waals surface area contributed by atoms with Gasteiger partial charge in [-0.1, -0.05) is 71.4 Å². The van der Waals surface area contributed by atoms with Gasteiger partial charge in [-0.3, -0.25) is 9.59 Å². The van der Waals surface area contributed by atoms with Crippen LogP contribution in [0.1, 0.15) is 5.56 Å². The molecular formula is C24H17Cl2N3O2S2. The zero-order valence-corrected chi connectivity index (χ0v) is 20.2. The Hall–Kier alpha value is -2.84. The number of fused-ring (bicyclic) bond motifs is 1. The molecule has 166 valence electrons. The van der Waals surface area contributed by atoms with Crippen molar-refractivity contribution in [1.82, 2.24) is 4.98 Å². The van der Waals surface area contributed by atoms with Gasteiger partial charge < -0.3 is 10.6 Å². The summed E-state index contributed by atoms with van der Waals surface area (Å²) in [4.78, 5) is 29.1. The van der Waals surface area contributed by atoms with E-state index in [-0.39, 0.29) is 17.6 Å². The molecule has 2 amide bonds. The first kappa shape index (κ1) is 23.3. The normalized spacial score (nSPS) is 11.1. The Balaban J connectivity index is 1.35. The molecule has 2 N–H and O–H groups in total. The lowest BCUT2D eigenvalue weighted by molar-refractivity contribution is -0.114. The van der Waals surface area contributed by atoms with Crippen LogP contribution in [0.4, 0.5) is 11.4 Å². The number of benzene rings is 3. The average Bonchev–Trinajstić information content (AvgIpc) is 3.22. The minimum Gasteiger partial charge on any atom is -0.324 e. The van der Waals surface area contributed by atoms with Crippen LogP contribution >= 0.6 is 46.3 Å². The van der Waals surface area contributed by atoms with E-state index < -0.39 is 0 Å². The van der Waals surface area contributed by atoms with Gasteiger partial charge in [0.05, 0.1) is 31.7 Å². The first-order valence-electron chi connectivity index (χ1n) is 9.79. The minimum absolute atomic E-state index is 0.177. The van der Waals surface area contributed by atoms with Crippen LogP contribution < -0.4 is 10.6 Å². The number of carbonyl (C=O) groups is 2. The number of nitrogens with one attached hydrogen (secondary N) is 2. The third kappa shape index (κ3) is 6.36. The third-order valence-corrected chi connectivity index (χ3v) is 7.40. The highest BCUT2D eigenvalue weighted by Crippen LogP contribution is 2.32. The molecule has 0 bridgehead atoms. The van der Waals surface area contributed by atoms with Crippen molar-refractivity contribution in [1.29, 1.82) is 0 Å². The summed E-state index contributed by atoms with van der Waals surface area (Å²) in [6, 6.07) is 20.2. The largest absolute Gasteiger partial charge is 0.324 e. The van der Waals surface area contributed by atoms with E-state index in [0.717, 1.165) is 20.1 Å². The van der Waals surface area contributed by atoms with Gasteiger partial charge in [0.15, 0.2) is 4.34 Å². The Bertz CT molecular complexity index is 1340. The van der Waals surface area contributed by atoms with E-state index in [1.165, 1.54) is 29.2 Å². The van der Waals surface area contributed by atoms with Crippen molar-refractivity contribution in [2.45, 2.75) is 4.34 Å². The van der Waals surface area contributed by atoms with Gasteiger partial charge in [-0.15, -0.1) is 11.3 Å². The number of hydrogen-bond acceptors (Lipinski definition) is 5. The fourth-order valence-corrected chi connectivity index (χ4v) is 5.13. The molecule has 0 atom stereocenters. The molecule has 4 rings (SSSR count). The summed E-state index contributed by atoms with van der Waals surface area (Å²) in [6.07, 6.45) is 3.26. The smallest absolute Gasteiger partial charge is 0.248 e. The average molecular weight is 514 g/mol. The number of thioether (sulfide) groups is 1. The van der Waals surface area contributed by atoms with Gasteiger partial charge in [-0.25, -0.2) is 4.98 Å². The van der Waals surface area contributed by atoms with Crippen LogP contribution in [-0.4, -0.2) is 22.6 Å². The molecule has 0 fully saturated rings. The molecule has 9 heteroatoms. The number of hydrogen-bond donors (Lipinski definition) is 2. The summed E-state index contributed by atoms with van der Waals surface area (Å²) in [5.41, 5.74) is 2.91. The highest BCUT2D eigenvalue weighted by molar-refractivity contribution is 8.01.